The first-order valence-corrected chi connectivity index (χ1v) is 11.5. The molecule has 0 aromatic heterocycles. The Balaban J connectivity index is 1.70. The van der Waals surface area contributed by atoms with Crippen molar-refractivity contribution < 1.29 is 9.90 Å². The van der Waals surface area contributed by atoms with Gasteiger partial charge in [0.05, 0.1) is 5.75 Å². The Morgan fingerprint density at radius 2 is 1.64 bits per heavy atom. The van der Waals surface area contributed by atoms with E-state index in [-0.39, 0.29) is 16.7 Å². The third-order valence-corrected chi connectivity index (χ3v) is 7.05. The van der Waals surface area contributed by atoms with Gasteiger partial charge in [-0.1, -0.05) is 41.5 Å². The zero-order valence-electron chi connectivity index (χ0n) is 18.3. The molecule has 3 fully saturated rings. The summed E-state index contributed by atoms with van der Waals surface area (Å²) in [4.78, 5) is 16.1. The standard InChI is InChI=1S/C23H36N2O2S/c1-22(2,3)17-11-16(12-18(21(17)27)23(4,5)6)28-14-20(26)24-19-13-25-9-7-15(19)8-10-25/h11-12,15,19,27H,7-10,13-14H2,1-6H3,(H,24,26). The first-order valence-electron chi connectivity index (χ1n) is 10.5. The molecule has 0 radical (unpaired) electrons. The molecule has 1 atom stereocenters. The second-order valence-corrected chi connectivity index (χ2v) is 11.5. The van der Waals surface area contributed by atoms with E-state index in [1.165, 1.54) is 25.9 Å². The summed E-state index contributed by atoms with van der Waals surface area (Å²) in [6.07, 6.45) is 2.42. The van der Waals surface area contributed by atoms with Crippen LogP contribution in [0.3, 0.4) is 0 Å². The molecule has 3 saturated heterocycles. The van der Waals surface area contributed by atoms with E-state index in [1.54, 1.807) is 11.8 Å². The van der Waals surface area contributed by atoms with Gasteiger partial charge >= 0.3 is 0 Å². The van der Waals surface area contributed by atoms with Gasteiger partial charge in [0.2, 0.25) is 5.91 Å². The van der Waals surface area contributed by atoms with Crippen LogP contribution < -0.4 is 5.32 Å². The highest BCUT2D eigenvalue weighted by atomic mass is 32.2. The van der Waals surface area contributed by atoms with Crippen LogP contribution in [0.4, 0.5) is 0 Å². The Labute approximate surface area is 174 Å². The molecule has 2 N–H and O–H groups in total. The van der Waals surface area contributed by atoms with Crippen LogP contribution in [0, 0.1) is 5.92 Å². The lowest BCUT2D eigenvalue weighted by atomic mass is 9.79. The lowest BCUT2D eigenvalue weighted by Gasteiger charge is -2.44. The fourth-order valence-electron chi connectivity index (χ4n) is 4.36. The number of rotatable bonds is 4. The van der Waals surface area contributed by atoms with Crippen molar-refractivity contribution in [3.05, 3.63) is 23.3 Å². The van der Waals surface area contributed by atoms with Crippen molar-refractivity contribution in [1.29, 1.82) is 0 Å². The molecule has 3 heterocycles. The summed E-state index contributed by atoms with van der Waals surface area (Å²) in [5, 5.41) is 14.1. The molecular formula is C23H36N2O2S. The molecule has 156 valence electrons. The Morgan fingerprint density at radius 1 is 1.11 bits per heavy atom. The van der Waals surface area contributed by atoms with Gasteiger partial charge in [0.15, 0.2) is 0 Å². The van der Waals surface area contributed by atoms with Crippen LogP contribution in [0.25, 0.3) is 0 Å². The van der Waals surface area contributed by atoms with E-state index in [0.717, 1.165) is 22.6 Å². The lowest BCUT2D eigenvalue weighted by molar-refractivity contribution is -0.120. The summed E-state index contributed by atoms with van der Waals surface area (Å²) in [6, 6.07) is 4.42. The van der Waals surface area contributed by atoms with Crippen molar-refractivity contribution in [3.8, 4) is 5.75 Å². The molecule has 5 heteroatoms. The SMILES string of the molecule is CC(C)(C)c1cc(SCC(=O)NC2CN3CCC2CC3)cc(C(C)(C)C)c1O. The normalized spacial score (nSPS) is 25.0. The molecule has 1 unspecified atom stereocenters. The number of phenols is 1. The molecule has 2 bridgehead atoms. The van der Waals surface area contributed by atoms with Crippen molar-refractivity contribution in [2.45, 2.75) is 76.2 Å². The number of carbonyl (C=O) groups excluding carboxylic acids is 1. The van der Waals surface area contributed by atoms with Crippen LogP contribution in [-0.2, 0) is 15.6 Å². The van der Waals surface area contributed by atoms with Gasteiger partial charge in [-0.2, -0.15) is 0 Å². The predicted octanol–water partition coefficient (Wildman–Crippen LogP) is 4.29. The van der Waals surface area contributed by atoms with E-state index in [4.69, 9.17) is 0 Å². The number of nitrogens with zero attached hydrogens (tertiary/aromatic N) is 1. The van der Waals surface area contributed by atoms with Crippen LogP contribution in [0.1, 0.15) is 65.5 Å². The summed E-state index contributed by atoms with van der Waals surface area (Å²) in [5.74, 6) is 1.57. The predicted molar refractivity (Wildman–Crippen MR) is 117 cm³/mol. The average molecular weight is 405 g/mol. The van der Waals surface area contributed by atoms with Crippen molar-refractivity contribution in [3.63, 3.8) is 0 Å². The number of phenolic OH excluding ortho intramolecular Hbond substituents is 1. The van der Waals surface area contributed by atoms with Gasteiger partial charge in [0.25, 0.3) is 0 Å². The first-order chi connectivity index (χ1) is 12.9. The Bertz CT molecular complexity index is 690. The summed E-state index contributed by atoms with van der Waals surface area (Å²) < 4.78 is 0. The number of piperidine rings is 3. The molecule has 28 heavy (non-hydrogen) atoms. The van der Waals surface area contributed by atoms with Crippen LogP contribution in [0.2, 0.25) is 0 Å². The topological polar surface area (TPSA) is 52.6 Å². The maximum atomic E-state index is 12.6. The number of thioether (sulfide) groups is 1. The fourth-order valence-corrected chi connectivity index (χ4v) is 5.14. The monoisotopic (exact) mass is 404 g/mol. The van der Waals surface area contributed by atoms with Gasteiger partial charge in [0, 0.05) is 28.6 Å². The number of aromatic hydroxyl groups is 1. The van der Waals surface area contributed by atoms with Gasteiger partial charge in [-0.25, -0.2) is 0 Å². The van der Waals surface area contributed by atoms with Gasteiger partial charge in [-0.15, -0.1) is 11.8 Å². The smallest absolute Gasteiger partial charge is 0.230 e. The minimum Gasteiger partial charge on any atom is -0.507 e. The lowest BCUT2D eigenvalue weighted by Crippen LogP contribution is -2.57. The third kappa shape index (κ3) is 4.85. The fraction of sp³-hybridized carbons (Fsp3) is 0.696. The second kappa shape index (κ2) is 7.91. The molecule has 0 aliphatic carbocycles. The van der Waals surface area contributed by atoms with E-state index in [2.05, 4.69) is 63.9 Å². The Kier molecular flexibility index (Phi) is 6.07. The highest BCUT2D eigenvalue weighted by molar-refractivity contribution is 8.00. The summed E-state index contributed by atoms with van der Waals surface area (Å²) >= 11 is 1.57. The minimum absolute atomic E-state index is 0.117. The molecule has 1 aromatic rings. The summed E-state index contributed by atoms with van der Waals surface area (Å²) in [5.41, 5.74) is 1.58. The quantitative estimate of drug-likeness (QED) is 0.735. The van der Waals surface area contributed by atoms with Crippen molar-refractivity contribution in [1.82, 2.24) is 10.2 Å². The highest BCUT2D eigenvalue weighted by Gasteiger charge is 2.34. The zero-order valence-corrected chi connectivity index (χ0v) is 19.1. The number of carbonyl (C=O) groups is 1. The number of benzene rings is 1. The number of amides is 1. The van der Waals surface area contributed by atoms with Crippen molar-refractivity contribution in [2.24, 2.45) is 5.92 Å². The van der Waals surface area contributed by atoms with Crippen molar-refractivity contribution in [2.75, 3.05) is 25.4 Å². The zero-order chi connectivity index (χ0) is 20.7. The summed E-state index contributed by atoms with van der Waals surface area (Å²) in [7, 11) is 0. The van der Waals surface area contributed by atoms with Gasteiger partial charge in [0.1, 0.15) is 5.75 Å². The molecule has 1 aromatic carbocycles. The first kappa shape index (κ1) is 21.5. The number of fused-ring (bicyclic) bond motifs is 3. The largest absolute Gasteiger partial charge is 0.507 e. The van der Waals surface area contributed by atoms with Gasteiger partial charge < -0.3 is 15.3 Å². The molecule has 0 spiro atoms. The van der Waals surface area contributed by atoms with Crippen LogP contribution in [0.15, 0.2) is 17.0 Å². The molecule has 0 saturated carbocycles. The van der Waals surface area contributed by atoms with E-state index in [1.807, 2.05) is 0 Å². The van der Waals surface area contributed by atoms with Crippen LogP contribution in [-0.4, -0.2) is 47.3 Å². The molecule has 1 amide bonds. The second-order valence-electron chi connectivity index (χ2n) is 10.5. The summed E-state index contributed by atoms with van der Waals surface area (Å²) in [6.45, 7) is 16.1. The third-order valence-electron chi connectivity index (χ3n) is 6.07. The molecule has 3 aliphatic rings. The number of hydrogen-bond donors (Lipinski definition) is 2. The van der Waals surface area contributed by atoms with Crippen LogP contribution >= 0.6 is 11.8 Å². The van der Waals surface area contributed by atoms with E-state index in [9.17, 15) is 9.90 Å². The molecular weight excluding hydrogens is 368 g/mol. The van der Waals surface area contributed by atoms with Crippen molar-refractivity contribution >= 4 is 17.7 Å². The van der Waals surface area contributed by atoms with Crippen LogP contribution in [0.5, 0.6) is 5.75 Å². The maximum absolute atomic E-state index is 12.6. The Morgan fingerprint density at radius 3 is 2.07 bits per heavy atom. The number of hydrogen-bond acceptors (Lipinski definition) is 4. The molecule has 3 aliphatic heterocycles. The maximum Gasteiger partial charge on any atom is 0.230 e. The highest BCUT2D eigenvalue weighted by Crippen LogP contribution is 2.41. The minimum atomic E-state index is -0.154. The van der Waals surface area contributed by atoms with E-state index in [0.29, 0.717) is 23.5 Å². The van der Waals surface area contributed by atoms with E-state index < -0.39 is 0 Å². The average Bonchev–Trinajstić information content (AvgIpc) is 2.60. The molecule has 4 nitrogen and oxygen atoms in total. The van der Waals surface area contributed by atoms with Gasteiger partial charge in [-0.05, 0) is 54.8 Å². The van der Waals surface area contributed by atoms with Gasteiger partial charge in [-0.3, -0.25) is 4.79 Å². The Hall–Kier alpha value is -1.20. The van der Waals surface area contributed by atoms with E-state index >= 15 is 0 Å². The number of nitrogens with one attached hydrogen (secondary N) is 1. The molecule has 4 rings (SSSR count).